The van der Waals surface area contributed by atoms with Crippen LogP contribution in [0.25, 0.3) is 0 Å². The first-order valence-electron chi connectivity index (χ1n) is 6.95. The van der Waals surface area contributed by atoms with E-state index in [1.54, 1.807) is 18.0 Å². The molecule has 0 aliphatic heterocycles. The van der Waals surface area contributed by atoms with Crippen molar-refractivity contribution in [1.29, 1.82) is 0 Å². The summed E-state index contributed by atoms with van der Waals surface area (Å²) < 4.78 is 7.09. The lowest BCUT2D eigenvalue weighted by Gasteiger charge is -2.25. The zero-order chi connectivity index (χ0) is 14.5. The highest BCUT2D eigenvalue weighted by atomic mass is 16.5. The molecule has 0 aromatic carbocycles. The molecule has 0 aliphatic carbocycles. The second-order valence-corrected chi connectivity index (χ2v) is 5.50. The minimum atomic E-state index is -0.943. The van der Waals surface area contributed by atoms with Gasteiger partial charge in [0.2, 0.25) is 0 Å². The maximum absolute atomic E-state index is 10.7. The molecule has 1 heterocycles. The Kier molecular flexibility index (Phi) is 5.82. The van der Waals surface area contributed by atoms with Gasteiger partial charge in [0.05, 0.1) is 13.3 Å². The van der Waals surface area contributed by atoms with Gasteiger partial charge in [-0.2, -0.15) is 5.10 Å². The van der Waals surface area contributed by atoms with Crippen LogP contribution in [0.15, 0.2) is 6.20 Å². The third kappa shape index (κ3) is 4.21. The molecule has 0 fully saturated rings. The summed E-state index contributed by atoms with van der Waals surface area (Å²) in [6.45, 7) is 10.6. The number of nitrogens with zero attached hydrogens (tertiary/aromatic N) is 2. The van der Waals surface area contributed by atoms with Crippen LogP contribution in [0.5, 0.6) is 5.75 Å². The summed E-state index contributed by atoms with van der Waals surface area (Å²) in [5, 5.41) is 18.3. The van der Waals surface area contributed by atoms with E-state index in [2.05, 4.69) is 24.3 Å². The Morgan fingerprint density at radius 3 is 2.74 bits per heavy atom. The Hall–Kier alpha value is -1.07. The molecule has 1 atom stereocenters. The maximum Gasteiger partial charge on any atom is 0.162 e. The molecule has 0 bridgehead atoms. The van der Waals surface area contributed by atoms with E-state index in [4.69, 9.17) is 4.74 Å². The van der Waals surface area contributed by atoms with E-state index < -0.39 is 5.60 Å². The van der Waals surface area contributed by atoms with Gasteiger partial charge in [-0.15, -0.1) is 0 Å². The molecule has 1 unspecified atom stereocenters. The Labute approximate surface area is 116 Å². The molecule has 0 radical (unpaired) electrons. The van der Waals surface area contributed by atoms with Crippen molar-refractivity contribution in [2.45, 2.75) is 46.3 Å². The quantitative estimate of drug-likeness (QED) is 0.706. The van der Waals surface area contributed by atoms with Crippen molar-refractivity contribution in [3.8, 4) is 5.75 Å². The highest BCUT2D eigenvalue weighted by Crippen LogP contribution is 2.32. The van der Waals surface area contributed by atoms with Crippen LogP contribution < -0.4 is 10.1 Å². The predicted molar refractivity (Wildman–Crippen MR) is 76.3 cm³/mol. The van der Waals surface area contributed by atoms with Gasteiger partial charge < -0.3 is 15.2 Å². The first-order valence-corrected chi connectivity index (χ1v) is 6.95. The second-order valence-electron chi connectivity index (χ2n) is 5.50. The zero-order valence-corrected chi connectivity index (χ0v) is 12.7. The summed E-state index contributed by atoms with van der Waals surface area (Å²) in [5.41, 5.74) is -0.189. The molecule has 0 spiro atoms. The van der Waals surface area contributed by atoms with Crippen LogP contribution >= 0.6 is 0 Å². The largest absolute Gasteiger partial charge is 0.493 e. The van der Waals surface area contributed by atoms with Crippen molar-refractivity contribution in [2.24, 2.45) is 5.92 Å². The zero-order valence-electron chi connectivity index (χ0n) is 12.7. The lowest BCUT2D eigenvalue weighted by Crippen LogP contribution is -2.32. The van der Waals surface area contributed by atoms with Gasteiger partial charge >= 0.3 is 0 Å². The van der Waals surface area contributed by atoms with Crippen molar-refractivity contribution < 1.29 is 9.84 Å². The van der Waals surface area contributed by atoms with Crippen LogP contribution in [-0.4, -0.2) is 35.1 Å². The van der Waals surface area contributed by atoms with Crippen LogP contribution in [0.3, 0.4) is 0 Å². The second kappa shape index (κ2) is 6.91. The van der Waals surface area contributed by atoms with E-state index in [0.717, 1.165) is 18.8 Å². The number of aliphatic hydroxyl groups is 1. The first kappa shape index (κ1) is 16.0. The SMILES string of the molecule is CCn1ncc(OC)c1C(C)(O)CCNCC(C)C. The van der Waals surface area contributed by atoms with Crippen molar-refractivity contribution in [3.05, 3.63) is 11.9 Å². The van der Waals surface area contributed by atoms with E-state index in [-0.39, 0.29) is 0 Å². The summed E-state index contributed by atoms with van der Waals surface area (Å²) in [4.78, 5) is 0. The Balaban J connectivity index is 2.72. The summed E-state index contributed by atoms with van der Waals surface area (Å²) in [7, 11) is 1.60. The normalized spacial score (nSPS) is 14.7. The first-order chi connectivity index (χ1) is 8.92. The van der Waals surface area contributed by atoms with Gasteiger partial charge in [-0.3, -0.25) is 4.68 Å². The molecular weight excluding hydrogens is 242 g/mol. The molecule has 5 nitrogen and oxygen atoms in total. The number of aryl methyl sites for hydroxylation is 1. The van der Waals surface area contributed by atoms with Crippen LogP contribution in [0.4, 0.5) is 0 Å². The van der Waals surface area contributed by atoms with Gasteiger partial charge in [0.25, 0.3) is 0 Å². The molecular formula is C14H27N3O2. The standard InChI is InChI=1S/C14H27N3O2/c1-6-17-13(12(19-5)10-16-17)14(4,18)7-8-15-9-11(2)3/h10-11,15,18H,6-9H2,1-5H3. The summed E-state index contributed by atoms with van der Waals surface area (Å²) in [5.74, 6) is 1.26. The van der Waals surface area contributed by atoms with Gasteiger partial charge in [-0.1, -0.05) is 13.8 Å². The average Bonchev–Trinajstić information content (AvgIpc) is 2.78. The Morgan fingerprint density at radius 1 is 1.53 bits per heavy atom. The van der Waals surface area contributed by atoms with Crippen LogP contribution in [0.2, 0.25) is 0 Å². The predicted octanol–water partition coefficient (Wildman–Crippen LogP) is 1.75. The summed E-state index contributed by atoms with van der Waals surface area (Å²) in [6, 6.07) is 0. The van der Waals surface area contributed by atoms with Crippen molar-refractivity contribution >= 4 is 0 Å². The molecule has 1 aromatic rings. The fraction of sp³-hybridized carbons (Fsp3) is 0.786. The van der Waals surface area contributed by atoms with Gasteiger partial charge in [-0.25, -0.2) is 0 Å². The van der Waals surface area contributed by atoms with E-state index in [1.807, 2.05) is 13.8 Å². The lowest BCUT2D eigenvalue weighted by atomic mass is 9.97. The molecule has 5 heteroatoms. The van der Waals surface area contributed by atoms with Crippen LogP contribution in [0.1, 0.15) is 39.8 Å². The molecule has 1 rings (SSSR count). The molecule has 110 valence electrons. The molecule has 1 aromatic heterocycles. The summed E-state index contributed by atoms with van der Waals surface area (Å²) >= 11 is 0. The smallest absolute Gasteiger partial charge is 0.162 e. The highest BCUT2D eigenvalue weighted by Gasteiger charge is 2.30. The summed E-state index contributed by atoms with van der Waals surface area (Å²) in [6.07, 6.45) is 2.29. The van der Waals surface area contributed by atoms with Gasteiger partial charge in [0.15, 0.2) is 5.75 Å². The van der Waals surface area contributed by atoms with Crippen molar-refractivity contribution in [2.75, 3.05) is 20.2 Å². The topological polar surface area (TPSA) is 59.3 Å². The minimum absolute atomic E-state index is 0.612. The monoisotopic (exact) mass is 269 g/mol. The van der Waals surface area contributed by atoms with Gasteiger partial charge in [0.1, 0.15) is 11.3 Å². The third-order valence-electron chi connectivity index (χ3n) is 3.18. The van der Waals surface area contributed by atoms with E-state index in [1.165, 1.54) is 0 Å². The fourth-order valence-corrected chi connectivity index (χ4v) is 2.14. The molecule has 0 amide bonds. The Bertz CT molecular complexity index is 365. The number of nitrogens with one attached hydrogen (secondary N) is 1. The van der Waals surface area contributed by atoms with Crippen molar-refractivity contribution in [1.82, 2.24) is 15.1 Å². The van der Waals surface area contributed by atoms with Gasteiger partial charge in [-0.05, 0) is 39.3 Å². The van der Waals surface area contributed by atoms with E-state index in [9.17, 15) is 5.11 Å². The third-order valence-corrected chi connectivity index (χ3v) is 3.18. The lowest BCUT2D eigenvalue weighted by molar-refractivity contribution is 0.0361. The number of hydrogen-bond donors (Lipinski definition) is 2. The number of hydrogen-bond acceptors (Lipinski definition) is 4. The molecule has 0 saturated carbocycles. The molecule has 19 heavy (non-hydrogen) atoms. The Morgan fingerprint density at radius 2 is 2.21 bits per heavy atom. The van der Waals surface area contributed by atoms with Crippen LogP contribution in [0, 0.1) is 5.92 Å². The molecule has 2 N–H and O–H groups in total. The average molecular weight is 269 g/mol. The number of methoxy groups -OCH3 is 1. The number of aromatic nitrogens is 2. The number of rotatable bonds is 8. The van der Waals surface area contributed by atoms with E-state index >= 15 is 0 Å². The number of ether oxygens (including phenoxy) is 1. The highest BCUT2D eigenvalue weighted by molar-refractivity contribution is 5.30. The van der Waals surface area contributed by atoms with Crippen molar-refractivity contribution in [3.63, 3.8) is 0 Å². The van der Waals surface area contributed by atoms with E-state index in [0.29, 0.717) is 24.6 Å². The van der Waals surface area contributed by atoms with Crippen LogP contribution in [-0.2, 0) is 12.1 Å². The molecule has 0 saturated heterocycles. The maximum atomic E-state index is 10.7. The minimum Gasteiger partial charge on any atom is -0.493 e. The molecule has 0 aliphatic rings. The van der Waals surface area contributed by atoms with Gasteiger partial charge in [0, 0.05) is 6.54 Å². The fourth-order valence-electron chi connectivity index (χ4n) is 2.14.